The van der Waals surface area contributed by atoms with Crippen molar-refractivity contribution in [2.75, 3.05) is 12.3 Å². The third-order valence-corrected chi connectivity index (χ3v) is 2.32. The molecule has 0 spiro atoms. The van der Waals surface area contributed by atoms with Crippen molar-refractivity contribution in [2.45, 2.75) is 24.5 Å². The van der Waals surface area contributed by atoms with Gasteiger partial charge in [-0.2, -0.15) is 4.98 Å². The van der Waals surface area contributed by atoms with E-state index < -0.39 is 49.1 Å². The first kappa shape index (κ1) is 9.48. The second-order valence-corrected chi connectivity index (χ2v) is 3.40. The summed E-state index contributed by atoms with van der Waals surface area (Å²) in [6.07, 6.45) is -7.85. The van der Waals surface area contributed by atoms with E-state index in [0.29, 0.717) is 4.57 Å². The maximum atomic E-state index is 11.6. The van der Waals surface area contributed by atoms with Gasteiger partial charge < -0.3 is 25.8 Å². The Kier molecular flexibility index (Phi) is 2.44. The Bertz CT molecular complexity index is 554. The zero-order chi connectivity index (χ0) is 14.4. The summed E-state index contributed by atoms with van der Waals surface area (Å²) in [6, 6.07) is 0. The van der Waals surface area contributed by atoms with E-state index in [0.717, 1.165) is 0 Å². The zero-order valence-electron chi connectivity index (χ0n) is 10.5. The van der Waals surface area contributed by atoms with Crippen LogP contribution in [0.4, 0.5) is 5.95 Å². The molecule has 0 radical (unpaired) electrons. The molecule has 5 N–H and O–H groups in total. The fourth-order valence-corrected chi connectivity index (χ4v) is 1.47. The lowest BCUT2D eigenvalue weighted by Crippen LogP contribution is -2.36. The molecule has 0 aromatic carbocycles. The Labute approximate surface area is 97.9 Å². The highest BCUT2D eigenvalue weighted by atomic mass is 16.6. The quantitative estimate of drug-likeness (QED) is 0.428. The van der Waals surface area contributed by atoms with Gasteiger partial charge in [0.15, 0.2) is 6.23 Å². The van der Waals surface area contributed by atoms with Crippen LogP contribution in [0.3, 0.4) is 0 Å². The van der Waals surface area contributed by atoms with E-state index in [1.54, 1.807) is 0 Å². The van der Waals surface area contributed by atoms with Crippen molar-refractivity contribution in [1.82, 2.24) is 14.5 Å². The van der Waals surface area contributed by atoms with Crippen LogP contribution < -0.4 is 11.4 Å². The summed E-state index contributed by atoms with van der Waals surface area (Å²) >= 11 is 0. The molecule has 1 unspecified atom stereocenters. The molecular formula is C8H12N4O5. The molecule has 4 atom stereocenters. The highest BCUT2D eigenvalue weighted by molar-refractivity contribution is 5.10. The number of ether oxygens (including phenoxy) is 1. The van der Waals surface area contributed by atoms with Crippen LogP contribution in [0, 0.1) is 0 Å². The van der Waals surface area contributed by atoms with E-state index in [1.807, 2.05) is 0 Å². The van der Waals surface area contributed by atoms with Crippen molar-refractivity contribution in [3.05, 3.63) is 16.8 Å². The van der Waals surface area contributed by atoms with Crippen molar-refractivity contribution in [3.63, 3.8) is 0 Å². The highest BCUT2D eigenvalue weighted by Gasteiger charge is 2.43. The Hall–Kier alpha value is -1.55. The number of aliphatic hydroxyl groups is 3. The zero-order valence-corrected chi connectivity index (χ0v) is 8.52. The van der Waals surface area contributed by atoms with Gasteiger partial charge in [0.1, 0.15) is 26.0 Å². The van der Waals surface area contributed by atoms with E-state index in [4.69, 9.17) is 18.3 Å². The summed E-state index contributed by atoms with van der Waals surface area (Å²) in [7, 11) is 0. The lowest BCUT2D eigenvalue weighted by atomic mass is 10.1. The number of nitrogen functional groups attached to an aromatic ring is 1. The number of aromatic nitrogens is 3. The lowest BCUT2D eigenvalue weighted by Gasteiger charge is -2.16. The molecule has 0 saturated carbocycles. The van der Waals surface area contributed by atoms with Crippen LogP contribution in [0.2, 0.25) is 0 Å². The monoisotopic (exact) mass is 246 g/mol. The topological polar surface area (TPSA) is 144 Å². The van der Waals surface area contributed by atoms with Crippen LogP contribution in [-0.2, 0) is 4.74 Å². The smallest absolute Gasteiger partial charge is 0.354 e. The van der Waals surface area contributed by atoms with Gasteiger partial charge in [-0.3, -0.25) is 4.57 Å². The average molecular weight is 246 g/mol. The minimum atomic E-state index is -2.20. The minimum Gasteiger partial charge on any atom is -0.394 e. The molecule has 2 heterocycles. The van der Waals surface area contributed by atoms with Gasteiger partial charge in [0.25, 0.3) is 0 Å². The normalized spacial score (nSPS) is 38.9. The van der Waals surface area contributed by atoms with Gasteiger partial charge in [0.05, 0.1) is 7.98 Å². The number of nitrogens with zero attached hydrogens (tertiary/aromatic N) is 3. The summed E-state index contributed by atoms with van der Waals surface area (Å²) in [5.74, 6) is -0.418. The van der Waals surface area contributed by atoms with Crippen LogP contribution in [0.5, 0.6) is 0 Å². The molecule has 0 bridgehead atoms. The van der Waals surface area contributed by atoms with Crippen LogP contribution in [0.15, 0.2) is 11.1 Å². The fourth-order valence-electron chi connectivity index (χ4n) is 1.47. The van der Waals surface area contributed by atoms with Crippen LogP contribution in [-0.4, -0.2) is 54.7 Å². The predicted molar refractivity (Wildman–Crippen MR) is 53.7 cm³/mol. The SMILES string of the molecule is [2H]c1nc(N)nc(=O)n1[C@@H]1O[C@]([2H])(CO)[C@H](O)C1O. The van der Waals surface area contributed by atoms with Gasteiger partial charge in [-0.05, 0) is 0 Å². The number of aliphatic hydroxyl groups excluding tert-OH is 3. The lowest BCUT2D eigenvalue weighted by molar-refractivity contribution is -0.0554. The third kappa shape index (κ3) is 2.00. The number of hydrogen-bond acceptors (Lipinski definition) is 8. The molecule has 1 aliphatic rings. The number of hydrogen-bond donors (Lipinski definition) is 4. The molecule has 0 amide bonds. The summed E-state index contributed by atoms with van der Waals surface area (Å²) in [4.78, 5) is 18.3. The minimum absolute atomic E-state index is 0.418. The second kappa shape index (κ2) is 4.37. The summed E-state index contributed by atoms with van der Waals surface area (Å²) in [6.45, 7) is -0.903. The van der Waals surface area contributed by atoms with Gasteiger partial charge >= 0.3 is 5.69 Å². The van der Waals surface area contributed by atoms with E-state index in [-0.39, 0.29) is 0 Å². The summed E-state index contributed by atoms with van der Waals surface area (Å²) in [5.41, 5.74) is 4.17. The van der Waals surface area contributed by atoms with Crippen molar-refractivity contribution < 1.29 is 22.8 Å². The Morgan fingerprint density at radius 3 is 2.88 bits per heavy atom. The maximum absolute atomic E-state index is 11.6. The maximum Gasteiger partial charge on any atom is 0.354 e. The largest absolute Gasteiger partial charge is 0.394 e. The van der Waals surface area contributed by atoms with Gasteiger partial charge in [-0.25, -0.2) is 9.78 Å². The number of rotatable bonds is 2. The molecule has 9 nitrogen and oxygen atoms in total. The Morgan fingerprint density at radius 1 is 1.65 bits per heavy atom. The van der Waals surface area contributed by atoms with Gasteiger partial charge in [0.2, 0.25) is 5.95 Å². The second-order valence-electron chi connectivity index (χ2n) is 3.40. The van der Waals surface area contributed by atoms with Gasteiger partial charge in [0, 0.05) is 0 Å². The molecule has 1 fully saturated rings. The van der Waals surface area contributed by atoms with E-state index >= 15 is 0 Å². The molecule has 94 valence electrons. The van der Waals surface area contributed by atoms with Gasteiger partial charge in [-0.15, -0.1) is 0 Å². The molecule has 17 heavy (non-hydrogen) atoms. The first-order chi connectivity index (χ1) is 8.80. The molecule has 9 heteroatoms. The molecular weight excluding hydrogens is 232 g/mol. The van der Waals surface area contributed by atoms with Crippen LogP contribution in [0.25, 0.3) is 0 Å². The molecule has 1 aromatic rings. The fraction of sp³-hybridized carbons (Fsp3) is 0.625. The predicted octanol–water partition coefficient (Wildman–Crippen LogP) is -3.17. The van der Waals surface area contributed by atoms with Crippen molar-refractivity contribution in [1.29, 1.82) is 0 Å². The summed E-state index contributed by atoms with van der Waals surface area (Å²) < 4.78 is 20.6. The molecule has 1 aliphatic heterocycles. The van der Waals surface area contributed by atoms with Crippen LogP contribution in [0.1, 0.15) is 8.97 Å². The Balaban J connectivity index is 2.47. The molecule has 0 aliphatic carbocycles. The molecule has 2 rings (SSSR count). The van der Waals surface area contributed by atoms with Gasteiger partial charge in [-0.1, -0.05) is 0 Å². The first-order valence-corrected chi connectivity index (χ1v) is 4.67. The summed E-state index contributed by atoms with van der Waals surface area (Å²) in [5, 5.41) is 28.4. The van der Waals surface area contributed by atoms with E-state index in [2.05, 4.69) is 9.97 Å². The average Bonchev–Trinajstić information content (AvgIpc) is 2.54. The van der Waals surface area contributed by atoms with Crippen molar-refractivity contribution >= 4 is 5.95 Å². The first-order valence-electron chi connectivity index (χ1n) is 5.67. The molecule has 1 saturated heterocycles. The van der Waals surface area contributed by atoms with Crippen molar-refractivity contribution in [3.8, 4) is 0 Å². The highest BCUT2D eigenvalue weighted by Crippen LogP contribution is 2.27. The van der Waals surface area contributed by atoms with E-state index in [9.17, 15) is 15.0 Å². The van der Waals surface area contributed by atoms with Crippen molar-refractivity contribution in [2.24, 2.45) is 0 Å². The Morgan fingerprint density at radius 2 is 2.35 bits per heavy atom. The number of anilines is 1. The molecule has 1 aromatic heterocycles. The standard InChI is InChI=1S/C8H12N4O5/c9-7-10-2-12(8(16)11-7)6-5(15)4(14)3(1-13)17-6/h2-6,13-15H,1H2,(H2,9,11,16)/t3-,4+,5?,6-/m1/s1/i2D,3D. The van der Waals surface area contributed by atoms with Crippen LogP contribution >= 0.6 is 0 Å². The van der Waals surface area contributed by atoms with E-state index in [1.165, 1.54) is 0 Å². The third-order valence-electron chi connectivity index (χ3n) is 2.32. The number of nitrogens with two attached hydrogens (primary N) is 1.